The molecule has 96 valence electrons. The SMILES string of the molecule is CCOC(COC1CCC(O)CC1)OCC. The summed E-state index contributed by atoms with van der Waals surface area (Å²) in [6.07, 6.45) is 3.44. The molecule has 4 nitrogen and oxygen atoms in total. The van der Waals surface area contributed by atoms with Crippen LogP contribution in [0.25, 0.3) is 0 Å². The van der Waals surface area contributed by atoms with Crippen molar-refractivity contribution >= 4 is 0 Å². The van der Waals surface area contributed by atoms with Crippen LogP contribution in [0.4, 0.5) is 0 Å². The van der Waals surface area contributed by atoms with Gasteiger partial charge in [-0.3, -0.25) is 0 Å². The van der Waals surface area contributed by atoms with Gasteiger partial charge < -0.3 is 19.3 Å². The highest BCUT2D eigenvalue weighted by Gasteiger charge is 2.21. The van der Waals surface area contributed by atoms with Gasteiger partial charge in [0.15, 0.2) is 6.29 Å². The summed E-state index contributed by atoms with van der Waals surface area (Å²) in [5.41, 5.74) is 0. The van der Waals surface area contributed by atoms with Crippen molar-refractivity contribution in [3.05, 3.63) is 0 Å². The van der Waals surface area contributed by atoms with E-state index in [9.17, 15) is 5.11 Å². The first-order valence-corrected chi connectivity index (χ1v) is 6.29. The molecule has 1 aliphatic rings. The molecule has 1 aliphatic carbocycles. The van der Waals surface area contributed by atoms with E-state index in [4.69, 9.17) is 14.2 Å². The molecule has 1 N–H and O–H groups in total. The zero-order valence-electron chi connectivity index (χ0n) is 10.4. The average Bonchev–Trinajstić information content (AvgIpc) is 2.29. The summed E-state index contributed by atoms with van der Waals surface area (Å²) < 4.78 is 16.5. The van der Waals surface area contributed by atoms with Crippen molar-refractivity contribution in [2.24, 2.45) is 0 Å². The van der Waals surface area contributed by atoms with Gasteiger partial charge in [-0.15, -0.1) is 0 Å². The van der Waals surface area contributed by atoms with E-state index in [0.717, 1.165) is 25.7 Å². The smallest absolute Gasteiger partial charge is 0.180 e. The lowest BCUT2D eigenvalue weighted by Crippen LogP contribution is -2.30. The lowest BCUT2D eigenvalue weighted by atomic mass is 9.95. The third-order valence-electron chi connectivity index (χ3n) is 2.82. The van der Waals surface area contributed by atoms with Crippen LogP contribution >= 0.6 is 0 Å². The van der Waals surface area contributed by atoms with Crippen molar-refractivity contribution in [1.82, 2.24) is 0 Å². The van der Waals surface area contributed by atoms with Gasteiger partial charge in [-0.2, -0.15) is 0 Å². The van der Waals surface area contributed by atoms with Gasteiger partial charge >= 0.3 is 0 Å². The van der Waals surface area contributed by atoms with E-state index in [1.807, 2.05) is 13.8 Å². The Morgan fingerprint density at radius 2 is 1.62 bits per heavy atom. The van der Waals surface area contributed by atoms with Crippen LogP contribution in [0.2, 0.25) is 0 Å². The van der Waals surface area contributed by atoms with Crippen LogP contribution in [0.3, 0.4) is 0 Å². The molecule has 1 saturated carbocycles. The van der Waals surface area contributed by atoms with Gasteiger partial charge in [0.1, 0.15) is 0 Å². The van der Waals surface area contributed by atoms with E-state index >= 15 is 0 Å². The van der Waals surface area contributed by atoms with Crippen LogP contribution in [-0.2, 0) is 14.2 Å². The van der Waals surface area contributed by atoms with Crippen molar-refractivity contribution in [2.45, 2.75) is 58.0 Å². The summed E-state index contributed by atoms with van der Waals surface area (Å²) in [7, 11) is 0. The molecule has 1 fully saturated rings. The van der Waals surface area contributed by atoms with E-state index in [1.165, 1.54) is 0 Å². The maximum Gasteiger partial charge on any atom is 0.180 e. The normalized spacial score (nSPS) is 26.2. The van der Waals surface area contributed by atoms with Gasteiger partial charge in [0.05, 0.1) is 18.8 Å². The lowest BCUT2D eigenvalue weighted by molar-refractivity contribution is -0.179. The second kappa shape index (κ2) is 8.01. The second-order valence-corrected chi connectivity index (χ2v) is 4.10. The van der Waals surface area contributed by atoms with E-state index < -0.39 is 0 Å². The third kappa shape index (κ3) is 5.25. The van der Waals surface area contributed by atoms with Crippen molar-refractivity contribution in [2.75, 3.05) is 19.8 Å². The van der Waals surface area contributed by atoms with Gasteiger partial charge in [-0.05, 0) is 39.5 Å². The number of hydrogen-bond donors (Lipinski definition) is 1. The van der Waals surface area contributed by atoms with Crippen molar-refractivity contribution < 1.29 is 19.3 Å². The predicted molar refractivity (Wildman–Crippen MR) is 61.3 cm³/mol. The molecule has 0 radical (unpaired) electrons. The van der Waals surface area contributed by atoms with Crippen LogP contribution in [0, 0.1) is 0 Å². The van der Waals surface area contributed by atoms with Gasteiger partial charge in [-0.1, -0.05) is 0 Å². The first-order valence-electron chi connectivity index (χ1n) is 6.29. The highest BCUT2D eigenvalue weighted by atomic mass is 16.7. The number of hydrogen-bond acceptors (Lipinski definition) is 4. The number of aliphatic hydroxyl groups excluding tert-OH is 1. The summed E-state index contributed by atoms with van der Waals surface area (Å²) in [4.78, 5) is 0. The van der Waals surface area contributed by atoms with Crippen molar-refractivity contribution in [1.29, 1.82) is 0 Å². The fraction of sp³-hybridized carbons (Fsp3) is 1.00. The summed E-state index contributed by atoms with van der Waals surface area (Å²) in [6.45, 7) is 5.66. The zero-order chi connectivity index (χ0) is 11.8. The molecule has 0 heterocycles. The zero-order valence-corrected chi connectivity index (χ0v) is 10.4. The molecule has 4 heteroatoms. The predicted octanol–water partition coefficient (Wildman–Crippen LogP) is 1.71. The Kier molecular flexibility index (Phi) is 6.96. The summed E-state index contributed by atoms with van der Waals surface area (Å²) in [5.74, 6) is 0. The number of rotatable bonds is 7. The molecule has 0 bridgehead atoms. The maximum absolute atomic E-state index is 9.37. The Morgan fingerprint density at radius 3 is 2.12 bits per heavy atom. The molecule has 0 aliphatic heterocycles. The van der Waals surface area contributed by atoms with Crippen LogP contribution in [0.15, 0.2) is 0 Å². The van der Waals surface area contributed by atoms with Gasteiger partial charge in [0.2, 0.25) is 0 Å². The van der Waals surface area contributed by atoms with Crippen molar-refractivity contribution in [3.8, 4) is 0 Å². The Labute approximate surface area is 97.9 Å². The first kappa shape index (κ1) is 13.9. The van der Waals surface area contributed by atoms with Crippen molar-refractivity contribution in [3.63, 3.8) is 0 Å². The summed E-state index contributed by atoms with van der Waals surface area (Å²) in [5, 5.41) is 9.37. The highest BCUT2D eigenvalue weighted by molar-refractivity contribution is 4.71. The molecule has 0 amide bonds. The fourth-order valence-electron chi connectivity index (χ4n) is 1.94. The van der Waals surface area contributed by atoms with E-state index in [-0.39, 0.29) is 18.5 Å². The largest absolute Gasteiger partial charge is 0.393 e. The molecule has 0 atom stereocenters. The summed E-state index contributed by atoms with van der Waals surface area (Å²) >= 11 is 0. The monoisotopic (exact) mass is 232 g/mol. The Morgan fingerprint density at radius 1 is 1.06 bits per heavy atom. The van der Waals surface area contributed by atoms with Crippen LogP contribution < -0.4 is 0 Å². The van der Waals surface area contributed by atoms with Gasteiger partial charge in [-0.25, -0.2) is 0 Å². The average molecular weight is 232 g/mol. The third-order valence-corrected chi connectivity index (χ3v) is 2.82. The number of aliphatic hydroxyl groups is 1. The molecule has 0 spiro atoms. The Hall–Kier alpha value is -0.160. The molecule has 16 heavy (non-hydrogen) atoms. The molecule has 0 aromatic heterocycles. The van der Waals surface area contributed by atoms with E-state index in [2.05, 4.69) is 0 Å². The molecule has 0 saturated heterocycles. The molecule has 1 rings (SSSR count). The molecule has 0 unspecified atom stereocenters. The minimum Gasteiger partial charge on any atom is -0.393 e. The highest BCUT2D eigenvalue weighted by Crippen LogP contribution is 2.21. The van der Waals surface area contributed by atoms with E-state index in [1.54, 1.807) is 0 Å². The Balaban J connectivity index is 2.15. The first-order chi connectivity index (χ1) is 7.76. The van der Waals surface area contributed by atoms with Crippen LogP contribution in [0.1, 0.15) is 39.5 Å². The standard InChI is InChI=1S/C12H24O4/c1-3-14-12(15-4-2)9-16-11-7-5-10(13)6-8-11/h10-13H,3-9H2,1-2H3. The second-order valence-electron chi connectivity index (χ2n) is 4.10. The maximum atomic E-state index is 9.37. The van der Waals surface area contributed by atoms with E-state index in [0.29, 0.717) is 19.8 Å². The Bertz CT molecular complexity index is 160. The lowest BCUT2D eigenvalue weighted by Gasteiger charge is -2.27. The van der Waals surface area contributed by atoms with Gasteiger partial charge in [0, 0.05) is 13.2 Å². The minimum absolute atomic E-state index is 0.130. The quantitative estimate of drug-likeness (QED) is 0.679. The molecular formula is C12H24O4. The molecule has 0 aromatic carbocycles. The van der Waals surface area contributed by atoms with Crippen LogP contribution in [0.5, 0.6) is 0 Å². The topological polar surface area (TPSA) is 47.9 Å². The van der Waals surface area contributed by atoms with Crippen LogP contribution in [-0.4, -0.2) is 43.4 Å². The minimum atomic E-state index is -0.248. The molecule has 0 aromatic rings. The fourth-order valence-corrected chi connectivity index (χ4v) is 1.94. The summed E-state index contributed by atoms with van der Waals surface area (Å²) in [6, 6.07) is 0. The number of ether oxygens (including phenoxy) is 3. The molecular weight excluding hydrogens is 208 g/mol. The van der Waals surface area contributed by atoms with Gasteiger partial charge in [0.25, 0.3) is 0 Å².